The summed E-state index contributed by atoms with van der Waals surface area (Å²) in [6.45, 7) is 3.34. The second kappa shape index (κ2) is 10.9. The minimum absolute atomic E-state index is 0.0519. The molecule has 0 spiro atoms. The molecule has 2 aromatic carbocycles. The first kappa shape index (κ1) is 27.0. The van der Waals surface area contributed by atoms with Crippen LogP contribution in [0, 0.1) is 18.3 Å². The normalized spacial score (nSPS) is 15.6. The highest BCUT2D eigenvalue weighted by atomic mass is 32.2. The number of nitrogens with zero attached hydrogens (tertiary/aromatic N) is 6. The van der Waals surface area contributed by atoms with Crippen LogP contribution >= 0.6 is 0 Å². The number of carboxylic acids is 1. The summed E-state index contributed by atoms with van der Waals surface area (Å²) in [7, 11) is -3.85. The summed E-state index contributed by atoms with van der Waals surface area (Å²) in [5, 5.41) is 18.3. The Kier molecular flexibility index (Phi) is 7.38. The third-order valence-corrected chi connectivity index (χ3v) is 8.58. The quantitative estimate of drug-likeness (QED) is 0.470. The largest absolute Gasteiger partial charge is 0.489 e. The van der Waals surface area contributed by atoms with Crippen LogP contribution in [0.3, 0.4) is 0 Å². The van der Waals surface area contributed by atoms with E-state index in [4.69, 9.17) is 9.84 Å². The van der Waals surface area contributed by atoms with Gasteiger partial charge in [-0.1, -0.05) is 12.1 Å². The van der Waals surface area contributed by atoms with E-state index in [2.05, 4.69) is 9.97 Å². The molecule has 0 unspecified atom stereocenters. The minimum Gasteiger partial charge on any atom is -0.489 e. The van der Waals surface area contributed by atoms with Gasteiger partial charge in [-0.25, -0.2) is 18.4 Å². The van der Waals surface area contributed by atoms with E-state index < -0.39 is 16.0 Å². The number of benzene rings is 2. The van der Waals surface area contributed by atoms with E-state index in [1.54, 1.807) is 43.3 Å². The fraction of sp³-hybridized carbons (Fsp3) is 0.296. The van der Waals surface area contributed by atoms with Crippen molar-refractivity contribution in [1.29, 1.82) is 5.26 Å². The monoisotopic (exact) mass is 562 g/mol. The Labute approximate surface area is 231 Å². The number of carbonyl (C=O) groups excluding carboxylic acids is 1. The van der Waals surface area contributed by atoms with Crippen molar-refractivity contribution in [1.82, 2.24) is 14.3 Å². The van der Waals surface area contributed by atoms with Gasteiger partial charge in [0.25, 0.3) is 5.91 Å². The summed E-state index contributed by atoms with van der Waals surface area (Å²) in [6.07, 6.45) is -0.199. The average Bonchev–Trinajstić information content (AvgIpc) is 2.95. The molecule has 0 radical (unpaired) electrons. The van der Waals surface area contributed by atoms with Crippen molar-refractivity contribution in [3.63, 3.8) is 0 Å². The number of piperazine rings is 1. The molecule has 1 N–H and O–H groups in total. The van der Waals surface area contributed by atoms with Crippen molar-refractivity contribution >= 4 is 33.5 Å². The maximum Gasteiger partial charge on any atom is 0.307 e. The molecule has 2 aliphatic heterocycles. The molecule has 206 valence electrons. The van der Waals surface area contributed by atoms with Crippen LogP contribution in [0.4, 0.5) is 11.6 Å². The number of sulfonamides is 1. The van der Waals surface area contributed by atoms with Gasteiger partial charge in [0.05, 0.1) is 23.5 Å². The van der Waals surface area contributed by atoms with Crippen LogP contribution in [-0.4, -0.2) is 79.0 Å². The summed E-state index contributed by atoms with van der Waals surface area (Å²) in [5.41, 5.74) is 2.19. The Morgan fingerprint density at radius 1 is 1.05 bits per heavy atom. The third-order valence-electron chi connectivity index (χ3n) is 6.69. The number of carbonyl (C=O) groups is 2. The molecule has 0 bridgehead atoms. The first-order chi connectivity index (χ1) is 19.2. The number of carboxylic acid groups (broad SMARTS) is 1. The molecule has 3 heterocycles. The standard InChI is InChI=1S/C27H26N6O6S/c1-18-13-21(17-28)30-27(29-18)31-7-9-32(10-8-31)40(37,38)22-5-6-23-24(16-22)39-12-11-33(23)26(36)20-4-2-3-19(14-20)15-25(34)35/h2-6,13-14,16H,7-12,15H2,1H3,(H,34,35). The van der Waals surface area contributed by atoms with Gasteiger partial charge in [0.1, 0.15) is 24.1 Å². The van der Waals surface area contributed by atoms with Crippen LogP contribution in [0.25, 0.3) is 0 Å². The zero-order valence-electron chi connectivity index (χ0n) is 21.6. The number of aryl methyl sites for hydroxylation is 1. The van der Waals surface area contributed by atoms with Crippen molar-refractivity contribution in [2.24, 2.45) is 0 Å². The number of anilines is 2. The van der Waals surface area contributed by atoms with E-state index in [9.17, 15) is 23.3 Å². The lowest BCUT2D eigenvalue weighted by molar-refractivity contribution is -0.136. The van der Waals surface area contributed by atoms with E-state index in [0.717, 1.165) is 0 Å². The van der Waals surface area contributed by atoms with Gasteiger partial charge in [-0.3, -0.25) is 9.59 Å². The number of rotatable bonds is 6. The molecule has 1 fully saturated rings. The Balaban J connectivity index is 1.32. The minimum atomic E-state index is -3.85. The highest BCUT2D eigenvalue weighted by Crippen LogP contribution is 2.35. The maximum absolute atomic E-state index is 13.5. The molecule has 1 aromatic heterocycles. The van der Waals surface area contributed by atoms with Gasteiger partial charge in [-0.05, 0) is 42.8 Å². The number of fused-ring (bicyclic) bond motifs is 1. The first-order valence-electron chi connectivity index (χ1n) is 12.6. The zero-order valence-corrected chi connectivity index (χ0v) is 22.5. The summed E-state index contributed by atoms with van der Waals surface area (Å²) < 4.78 is 34.1. The van der Waals surface area contributed by atoms with Crippen LogP contribution in [0.5, 0.6) is 5.75 Å². The average molecular weight is 563 g/mol. The second-order valence-electron chi connectivity index (χ2n) is 9.40. The number of hydrogen-bond donors (Lipinski definition) is 1. The van der Waals surface area contributed by atoms with Gasteiger partial charge in [-0.15, -0.1) is 0 Å². The van der Waals surface area contributed by atoms with Crippen LogP contribution < -0.4 is 14.5 Å². The lowest BCUT2D eigenvalue weighted by Crippen LogP contribution is -2.49. The summed E-state index contributed by atoms with van der Waals surface area (Å²) >= 11 is 0. The Hall–Kier alpha value is -4.54. The molecule has 2 aliphatic rings. The van der Waals surface area contributed by atoms with Gasteiger partial charge in [0, 0.05) is 43.5 Å². The zero-order chi connectivity index (χ0) is 28.4. The van der Waals surface area contributed by atoms with Gasteiger partial charge < -0.3 is 19.6 Å². The number of hydrogen-bond acceptors (Lipinski definition) is 9. The molecule has 5 rings (SSSR count). The topological polar surface area (TPSA) is 157 Å². The molecule has 13 heteroatoms. The Bertz CT molecular complexity index is 1630. The van der Waals surface area contributed by atoms with E-state index in [1.165, 1.54) is 21.3 Å². The Morgan fingerprint density at radius 3 is 2.55 bits per heavy atom. The fourth-order valence-corrected chi connectivity index (χ4v) is 6.18. The van der Waals surface area contributed by atoms with Gasteiger partial charge in [-0.2, -0.15) is 9.57 Å². The van der Waals surface area contributed by atoms with Crippen molar-refractivity contribution in [2.45, 2.75) is 18.2 Å². The molecule has 0 saturated carbocycles. The molecular weight excluding hydrogens is 536 g/mol. The van der Waals surface area contributed by atoms with Gasteiger partial charge >= 0.3 is 5.97 Å². The fourth-order valence-electron chi connectivity index (χ4n) is 4.75. The van der Waals surface area contributed by atoms with Crippen molar-refractivity contribution in [3.05, 3.63) is 71.0 Å². The van der Waals surface area contributed by atoms with Crippen molar-refractivity contribution in [3.8, 4) is 11.8 Å². The predicted molar refractivity (Wildman–Crippen MR) is 144 cm³/mol. The summed E-state index contributed by atoms with van der Waals surface area (Å²) in [5.74, 6) is -0.651. The van der Waals surface area contributed by atoms with Crippen molar-refractivity contribution < 1.29 is 27.9 Å². The molecule has 40 heavy (non-hydrogen) atoms. The summed E-state index contributed by atoms with van der Waals surface area (Å²) in [6, 6.07) is 14.5. The smallest absolute Gasteiger partial charge is 0.307 e. The Morgan fingerprint density at radius 2 is 1.82 bits per heavy atom. The number of amides is 1. The molecule has 0 atom stereocenters. The van der Waals surface area contributed by atoms with E-state index in [-0.39, 0.29) is 54.9 Å². The third kappa shape index (κ3) is 5.45. The molecule has 3 aromatic rings. The highest BCUT2D eigenvalue weighted by Gasteiger charge is 2.32. The number of nitriles is 1. The van der Waals surface area contributed by atoms with Crippen LogP contribution in [0.15, 0.2) is 53.4 Å². The lowest BCUT2D eigenvalue weighted by atomic mass is 10.1. The highest BCUT2D eigenvalue weighted by molar-refractivity contribution is 7.89. The number of aromatic nitrogens is 2. The second-order valence-corrected chi connectivity index (χ2v) is 11.3. The van der Waals surface area contributed by atoms with Crippen molar-refractivity contribution in [2.75, 3.05) is 49.1 Å². The van der Waals surface area contributed by atoms with E-state index in [1.807, 2.05) is 11.0 Å². The number of aliphatic carboxylic acids is 1. The van der Waals surface area contributed by atoms with Gasteiger partial charge in [0.2, 0.25) is 16.0 Å². The molecule has 12 nitrogen and oxygen atoms in total. The maximum atomic E-state index is 13.5. The molecule has 1 amide bonds. The molecule has 0 aliphatic carbocycles. The van der Waals surface area contributed by atoms with Gasteiger partial charge in [0.15, 0.2) is 0 Å². The summed E-state index contributed by atoms with van der Waals surface area (Å²) in [4.78, 5) is 36.4. The molecule has 1 saturated heterocycles. The van der Waals surface area contributed by atoms with E-state index >= 15 is 0 Å². The predicted octanol–water partition coefficient (Wildman–Crippen LogP) is 1.83. The lowest BCUT2D eigenvalue weighted by Gasteiger charge is -2.34. The van der Waals surface area contributed by atoms with Crippen LogP contribution in [0.2, 0.25) is 0 Å². The van der Waals surface area contributed by atoms with Crippen LogP contribution in [0.1, 0.15) is 27.3 Å². The number of ether oxygens (including phenoxy) is 1. The van der Waals surface area contributed by atoms with Crippen LogP contribution in [-0.2, 0) is 21.2 Å². The molecular formula is C27H26N6O6S. The SMILES string of the molecule is Cc1cc(C#N)nc(N2CCN(S(=O)(=O)c3ccc4c(c3)OCCN4C(=O)c3cccc(CC(=O)O)c3)CC2)n1. The first-order valence-corrected chi connectivity index (χ1v) is 14.0. The van der Waals surface area contributed by atoms with E-state index in [0.29, 0.717) is 41.5 Å².